The Bertz CT molecular complexity index is 2830. The molecule has 9 rings (SSSR count). The van der Waals surface area contributed by atoms with Crippen LogP contribution in [0.1, 0.15) is 45.0 Å². The molecule has 0 fully saturated rings. The van der Waals surface area contributed by atoms with Gasteiger partial charge in [0.1, 0.15) is 22.7 Å². The molecule has 0 spiro atoms. The van der Waals surface area contributed by atoms with Crippen molar-refractivity contribution >= 4 is 45.0 Å². The van der Waals surface area contributed by atoms with Crippen LogP contribution in [0.4, 0.5) is 22.7 Å². The highest BCUT2D eigenvalue weighted by molar-refractivity contribution is 5.85. The van der Waals surface area contributed by atoms with Crippen LogP contribution < -0.4 is 89.0 Å². The number of fused-ring (bicyclic) bond motifs is 8. The van der Waals surface area contributed by atoms with E-state index in [-0.39, 0.29) is 49.6 Å². The average Bonchev–Trinajstić information content (AvgIpc) is 4.08. The van der Waals surface area contributed by atoms with Crippen molar-refractivity contribution in [2.75, 3.05) is 84.6 Å². The number of aromatic amines is 4. The molecule has 4 aromatic heterocycles. The molecule has 5 heterocycles. The molecular formula is C56H64Cl4N8. The van der Waals surface area contributed by atoms with Gasteiger partial charge in [-0.3, -0.25) is 17.9 Å². The Labute approximate surface area is 426 Å². The zero-order valence-electron chi connectivity index (χ0n) is 41.2. The van der Waals surface area contributed by atoms with Gasteiger partial charge in [0.15, 0.2) is 0 Å². The highest BCUT2D eigenvalue weighted by Gasteiger charge is 2.22. The molecule has 0 aliphatic carbocycles. The smallest absolute Gasteiger partial charge is 0.132 e. The minimum absolute atomic E-state index is 0. The lowest BCUT2D eigenvalue weighted by atomic mass is 10.0. The topological polar surface area (TPSA) is 63.2 Å². The number of hydrogen-bond donors (Lipinski definition) is 4. The van der Waals surface area contributed by atoms with Crippen molar-refractivity contribution in [2.24, 2.45) is 0 Å². The SMILES string of the molecule is C[N+](C)(C)c1ccc(C2=c3ccc([nH]3)=C(c3ccc([N+](C)(C)C)cc3)c3ccc([nH]3)C(c3ccc([N+](C)(C)C)cc3)=c3ccc([nH]3)=C(c3ccc([N+](C)(C)C)cc3)c3ccc2[nH]3)cc1.[Cl-].[Cl-].[Cl-].[Cl-]. The Morgan fingerprint density at radius 3 is 0.559 bits per heavy atom. The fourth-order valence-electron chi connectivity index (χ4n) is 8.87. The molecule has 1 aliphatic heterocycles. The van der Waals surface area contributed by atoms with Crippen LogP contribution >= 0.6 is 0 Å². The van der Waals surface area contributed by atoms with Gasteiger partial charge in [-0.15, -0.1) is 0 Å². The minimum Gasteiger partial charge on any atom is -1.00 e. The molecule has 0 saturated heterocycles. The predicted molar refractivity (Wildman–Crippen MR) is 272 cm³/mol. The molecule has 356 valence electrons. The first kappa shape index (κ1) is 53.4. The van der Waals surface area contributed by atoms with Gasteiger partial charge >= 0.3 is 0 Å². The summed E-state index contributed by atoms with van der Waals surface area (Å²) in [6.45, 7) is 0. The lowest BCUT2D eigenvalue weighted by Crippen LogP contribution is -3.00. The molecule has 4 N–H and O–H groups in total. The van der Waals surface area contributed by atoms with Crippen LogP contribution in [0, 0.1) is 0 Å². The van der Waals surface area contributed by atoms with E-state index in [2.05, 4.69) is 250 Å². The number of hydrogen-bond acceptors (Lipinski definition) is 0. The molecule has 0 radical (unpaired) electrons. The number of rotatable bonds is 8. The third-order valence-electron chi connectivity index (χ3n) is 12.6. The van der Waals surface area contributed by atoms with E-state index < -0.39 is 0 Å². The summed E-state index contributed by atoms with van der Waals surface area (Å²) in [5, 5.41) is 4.12. The van der Waals surface area contributed by atoms with Crippen molar-refractivity contribution in [3.05, 3.63) is 212 Å². The highest BCUT2D eigenvalue weighted by Crippen LogP contribution is 2.31. The summed E-state index contributed by atoms with van der Waals surface area (Å²) in [6.07, 6.45) is 0. The quantitative estimate of drug-likeness (QED) is 0.111. The number of nitrogens with one attached hydrogen (secondary N) is 4. The monoisotopic (exact) mass is 988 g/mol. The van der Waals surface area contributed by atoms with Gasteiger partial charge in [0.2, 0.25) is 0 Å². The second-order valence-corrected chi connectivity index (χ2v) is 20.9. The van der Waals surface area contributed by atoms with Crippen LogP contribution in [-0.2, 0) is 0 Å². The van der Waals surface area contributed by atoms with Crippen molar-refractivity contribution in [3.8, 4) is 0 Å². The summed E-state index contributed by atoms with van der Waals surface area (Å²) in [5.74, 6) is 0. The summed E-state index contributed by atoms with van der Waals surface area (Å²) < 4.78 is 2.95. The van der Waals surface area contributed by atoms with Gasteiger partial charge in [-0.25, -0.2) is 0 Å². The molecule has 0 saturated carbocycles. The van der Waals surface area contributed by atoms with Crippen molar-refractivity contribution in [1.82, 2.24) is 37.9 Å². The van der Waals surface area contributed by atoms with Crippen LogP contribution in [-0.4, -0.2) is 105 Å². The summed E-state index contributed by atoms with van der Waals surface area (Å²) in [6, 6.07) is 53.9. The molecule has 8 bridgehead atoms. The molecule has 12 heteroatoms. The van der Waals surface area contributed by atoms with E-state index in [1.807, 2.05) is 0 Å². The first-order valence-electron chi connectivity index (χ1n) is 22.2. The highest BCUT2D eigenvalue weighted by atomic mass is 35.5. The Morgan fingerprint density at radius 2 is 0.397 bits per heavy atom. The number of H-pyrrole nitrogens is 4. The fraction of sp³-hybridized carbons (Fsp3) is 0.214. The molecule has 8 aromatic rings. The minimum atomic E-state index is 0. The lowest BCUT2D eigenvalue weighted by molar-refractivity contribution is -0.00100. The fourth-order valence-corrected chi connectivity index (χ4v) is 8.87. The van der Waals surface area contributed by atoms with Gasteiger partial charge in [0.25, 0.3) is 0 Å². The van der Waals surface area contributed by atoms with E-state index in [9.17, 15) is 0 Å². The van der Waals surface area contributed by atoms with Gasteiger partial charge in [0.05, 0.1) is 84.6 Å². The van der Waals surface area contributed by atoms with Crippen molar-refractivity contribution < 1.29 is 49.6 Å². The summed E-state index contributed by atoms with van der Waals surface area (Å²) in [4.78, 5) is 15.8. The Kier molecular flexibility index (Phi) is 15.6. The van der Waals surface area contributed by atoms with E-state index in [1.165, 1.54) is 22.7 Å². The molecule has 8 nitrogen and oxygen atoms in total. The predicted octanol–water partition coefficient (Wildman–Crippen LogP) is -4.90. The van der Waals surface area contributed by atoms with Gasteiger partial charge in [-0.05, 0) is 168 Å². The van der Waals surface area contributed by atoms with E-state index in [0.717, 1.165) is 107 Å². The second kappa shape index (κ2) is 19.8. The van der Waals surface area contributed by atoms with Crippen molar-refractivity contribution in [2.45, 2.75) is 0 Å². The molecule has 0 unspecified atom stereocenters. The zero-order valence-corrected chi connectivity index (χ0v) is 44.2. The third kappa shape index (κ3) is 10.5. The Hall–Kier alpha value is -5.52. The molecule has 0 atom stereocenters. The third-order valence-corrected chi connectivity index (χ3v) is 12.6. The number of halogens is 4. The van der Waals surface area contributed by atoms with Crippen LogP contribution in [0.5, 0.6) is 0 Å². The van der Waals surface area contributed by atoms with E-state index >= 15 is 0 Å². The van der Waals surface area contributed by atoms with Gasteiger partial charge < -0.3 is 69.6 Å². The molecule has 1 aliphatic rings. The standard InChI is InChI=1S/C56H64N8.4ClH/c1-61(2,3)41-21-13-37(14-22-41)53-45-29-31-47(57-45)54(38-15-23-42(24-16-38)62(4,5)6)49-33-35-51(59-49)56(40-19-27-44(28-20-40)64(10,11)12)52-36-34-50(60-52)55(48-32-30-46(53)58-48)39-17-25-43(26-18-39)63(7,8)9;;;;/h13-36,57-60H,1-12H3;4*1H/q+4;;;;/p-4. The Morgan fingerprint density at radius 1 is 0.221 bits per heavy atom. The van der Waals surface area contributed by atoms with Crippen molar-refractivity contribution in [3.63, 3.8) is 0 Å². The van der Waals surface area contributed by atoms with E-state index in [4.69, 9.17) is 0 Å². The van der Waals surface area contributed by atoms with Crippen LogP contribution in [0.25, 0.3) is 22.3 Å². The molecule has 68 heavy (non-hydrogen) atoms. The average molecular weight is 991 g/mol. The largest absolute Gasteiger partial charge is 1.00 e. The second-order valence-electron chi connectivity index (χ2n) is 20.9. The van der Waals surface area contributed by atoms with Crippen LogP contribution in [0.3, 0.4) is 0 Å². The summed E-state index contributed by atoms with van der Waals surface area (Å²) >= 11 is 0. The van der Waals surface area contributed by atoms with E-state index in [1.54, 1.807) is 0 Å². The van der Waals surface area contributed by atoms with E-state index in [0.29, 0.717) is 0 Å². The number of quaternary nitrogens is 4. The molecular weight excluding hydrogens is 926 g/mol. The summed E-state index contributed by atoms with van der Waals surface area (Å²) in [5.41, 5.74) is 18.0. The maximum atomic E-state index is 3.96. The number of aromatic nitrogens is 4. The summed E-state index contributed by atoms with van der Waals surface area (Å²) in [7, 11) is 26.5. The van der Waals surface area contributed by atoms with Crippen LogP contribution in [0.15, 0.2) is 146 Å². The number of nitrogens with zero attached hydrogens (tertiary/aromatic N) is 4. The first-order valence-corrected chi connectivity index (χ1v) is 22.2. The number of benzene rings is 4. The van der Waals surface area contributed by atoms with Crippen LogP contribution in [0.2, 0.25) is 0 Å². The Balaban J connectivity index is 0.00000216. The van der Waals surface area contributed by atoms with Gasteiger partial charge in [0, 0.05) is 66.5 Å². The maximum Gasteiger partial charge on any atom is 0.132 e. The maximum absolute atomic E-state index is 3.96. The molecule has 4 aromatic carbocycles. The van der Waals surface area contributed by atoms with Gasteiger partial charge in [-0.2, -0.15) is 0 Å². The normalized spacial score (nSPS) is 13.0. The first-order chi connectivity index (χ1) is 30.2. The zero-order chi connectivity index (χ0) is 45.3. The molecule has 0 amide bonds. The van der Waals surface area contributed by atoms with Crippen molar-refractivity contribution in [1.29, 1.82) is 0 Å². The lowest BCUT2D eigenvalue weighted by Gasteiger charge is -2.23. The van der Waals surface area contributed by atoms with Gasteiger partial charge in [-0.1, -0.05) is 0 Å².